The number of aromatic nitrogens is 2. The second kappa shape index (κ2) is 6.17. The first-order chi connectivity index (χ1) is 9.88. The lowest BCUT2D eigenvalue weighted by atomic mass is 10.2. The lowest BCUT2D eigenvalue weighted by molar-refractivity contribution is 0.199. The summed E-state index contributed by atoms with van der Waals surface area (Å²) in [7, 11) is 1.71. The van der Waals surface area contributed by atoms with Gasteiger partial charge >= 0.3 is 0 Å². The van der Waals surface area contributed by atoms with Gasteiger partial charge in [-0.05, 0) is 17.5 Å². The molecular formula is C15H17N3OS. The van der Waals surface area contributed by atoms with Gasteiger partial charge in [0, 0.05) is 30.5 Å². The third-order valence-electron chi connectivity index (χ3n) is 3.19. The lowest BCUT2D eigenvalue weighted by Crippen LogP contribution is -2.18. The molecule has 0 amide bonds. The predicted octanol–water partition coefficient (Wildman–Crippen LogP) is 3.03. The van der Waals surface area contributed by atoms with Crippen molar-refractivity contribution < 1.29 is 4.74 Å². The largest absolute Gasteiger partial charge is 0.383 e. The van der Waals surface area contributed by atoms with Gasteiger partial charge in [-0.2, -0.15) is 5.10 Å². The Balaban J connectivity index is 1.81. The van der Waals surface area contributed by atoms with Crippen LogP contribution in [-0.2, 0) is 11.3 Å². The number of rotatable bonds is 6. The summed E-state index contributed by atoms with van der Waals surface area (Å²) in [5.74, 6) is 0. The number of hydrogen-bond acceptors (Lipinski definition) is 4. The number of ether oxygens (including phenoxy) is 1. The Labute approximate surface area is 121 Å². The van der Waals surface area contributed by atoms with E-state index in [-0.39, 0.29) is 0 Å². The highest BCUT2D eigenvalue weighted by atomic mass is 32.1. The smallest absolute Gasteiger partial charge is 0.0795 e. The van der Waals surface area contributed by atoms with Crippen molar-refractivity contribution in [3.8, 4) is 10.6 Å². The summed E-state index contributed by atoms with van der Waals surface area (Å²) in [5, 5.41) is 11.9. The molecule has 3 aromatic rings. The summed E-state index contributed by atoms with van der Waals surface area (Å²) in [5.41, 5.74) is 2.30. The molecule has 0 aliphatic heterocycles. The number of benzene rings is 1. The van der Waals surface area contributed by atoms with Gasteiger partial charge in [0.15, 0.2) is 0 Å². The van der Waals surface area contributed by atoms with Crippen molar-refractivity contribution in [3.05, 3.63) is 42.1 Å². The lowest BCUT2D eigenvalue weighted by Gasteiger charge is -2.03. The number of H-pyrrole nitrogens is 1. The zero-order valence-electron chi connectivity index (χ0n) is 11.3. The van der Waals surface area contributed by atoms with Crippen LogP contribution in [0, 0.1) is 0 Å². The predicted molar refractivity (Wildman–Crippen MR) is 83.0 cm³/mol. The first kappa shape index (κ1) is 13.3. The second-order valence-corrected chi connectivity index (χ2v) is 5.67. The summed E-state index contributed by atoms with van der Waals surface area (Å²) < 4.78 is 6.33. The molecule has 0 aliphatic rings. The monoisotopic (exact) mass is 287 g/mol. The SMILES string of the molecule is COCCNCc1cn[nH]c1-c1cc2ccccc2s1. The minimum atomic E-state index is 0.718. The highest BCUT2D eigenvalue weighted by molar-refractivity contribution is 7.22. The topological polar surface area (TPSA) is 49.9 Å². The van der Waals surface area contributed by atoms with Crippen LogP contribution in [0.3, 0.4) is 0 Å². The van der Waals surface area contributed by atoms with Crippen LogP contribution < -0.4 is 5.32 Å². The van der Waals surface area contributed by atoms with Crippen molar-refractivity contribution in [2.75, 3.05) is 20.3 Å². The van der Waals surface area contributed by atoms with Gasteiger partial charge in [0.2, 0.25) is 0 Å². The van der Waals surface area contributed by atoms with Gasteiger partial charge in [0.1, 0.15) is 0 Å². The van der Waals surface area contributed by atoms with Gasteiger partial charge in [-0.25, -0.2) is 0 Å². The molecule has 2 aromatic heterocycles. The number of methoxy groups -OCH3 is 1. The third-order valence-corrected chi connectivity index (χ3v) is 4.32. The van der Waals surface area contributed by atoms with E-state index in [1.807, 2.05) is 6.20 Å². The number of nitrogens with zero attached hydrogens (tertiary/aromatic N) is 1. The Morgan fingerprint density at radius 2 is 2.25 bits per heavy atom. The number of aromatic amines is 1. The van der Waals surface area contributed by atoms with E-state index in [1.54, 1.807) is 18.4 Å². The molecule has 0 fully saturated rings. The molecule has 104 valence electrons. The molecule has 0 radical (unpaired) electrons. The van der Waals surface area contributed by atoms with E-state index in [0.717, 1.165) is 25.4 Å². The molecule has 2 N–H and O–H groups in total. The van der Waals surface area contributed by atoms with Crippen molar-refractivity contribution in [2.45, 2.75) is 6.54 Å². The van der Waals surface area contributed by atoms with E-state index >= 15 is 0 Å². The zero-order chi connectivity index (χ0) is 13.8. The van der Waals surface area contributed by atoms with Crippen molar-refractivity contribution in [2.24, 2.45) is 0 Å². The standard InChI is InChI=1S/C15H17N3OS/c1-19-7-6-16-9-12-10-17-18-15(12)14-8-11-4-2-3-5-13(11)20-14/h2-5,8,10,16H,6-7,9H2,1H3,(H,17,18). The fourth-order valence-electron chi connectivity index (χ4n) is 2.16. The second-order valence-electron chi connectivity index (χ2n) is 4.59. The van der Waals surface area contributed by atoms with Crippen molar-refractivity contribution in [3.63, 3.8) is 0 Å². The normalized spacial score (nSPS) is 11.2. The van der Waals surface area contributed by atoms with E-state index in [1.165, 1.54) is 20.5 Å². The van der Waals surface area contributed by atoms with Gasteiger partial charge in [-0.3, -0.25) is 5.10 Å². The van der Waals surface area contributed by atoms with Crippen LogP contribution in [0.5, 0.6) is 0 Å². The highest BCUT2D eigenvalue weighted by Crippen LogP contribution is 2.33. The molecule has 20 heavy (non-hydrogen) atoms. The van der Waals surface area contributed by atoms with Crippen molar-refractivity contribution >= 4 is 21.4 Å². The molecule has 1 aromatic carbocycles. The Morgan fingerprint density at radius 3 is 3.10 bits per heavy atom. The number of fused-ring (bicyclic) bond motifs is 1. The Kier molecular flexibility index (Phi) is 4.11. The number of nitrogens with one attached hydrogen (secondary N) is 2. The Bertz CT molecular complexity index is 656. The average molecular weight is 287 g/mol. The molecular weight excluding hydrogens is 270 g/mol. The van der Waals surface area contributed by atoms with Gasteiger partial charge in [-0.15, -0.1) is 11.3 Å². The summed E-state index contributed by atoms with van der Waals surface area (Å²) in [4.78, 5) is 1.23. The number of hydrogen-bond donors (Lipinski definition) is 2. The van der Waals surface area contributed by atoms with Crippen molar-refractivity contribution in [1.29, 1.82) is 0 Å². The summed E-state index contributed by atoms with van der Waals surface area (Å²) >= 11 is 1.79. The van der Waals surface area contributed by atoms with E-state index in [4.69, 9.17) is 4.74 Å². The molecule has 0 spiro atoms. The minimum Gasteiger partial charge on any atom is -0.383 e. The fraction of sp³-hybridized carbons (Fsp3) is 0.267. The van der Waals surface area contributed by atoms with Gasteiger partial charge in [0.05, 0.1) is 23.4 Å². The van der Waals surface area contributed by atoms with Crippen LogP contribution in [0.2, 0.25) is 0 Å². The van der Waals surface area contributed by atoms with Gasteiger partial charge < -0.3 is 10.1 Å². The quantitative estimate of drug-likeness (QED) is 0.685. The van der Waals surface area contributed by atoms with Crippen LogP contribution in [0.4, 0.5) is 0 Å². The summed E-state index contributed by atoms with van der Waals surface area (Å²) in [6.45, 7) is 2.35. The van der Waals surface area contributed by atoms with Crippen LogP contribution in [0.15, 0.2) is 36.5 Å². The van der Waals surface area contributed by atoms with Crippen LogP contribution >= 0.6 is 11.3 Å². The molecule has 0 saturated heterocycles. The fourth-order valence-corrected chi connectivity index (χ4v) is 3.25. The van der Waals surface area contributed by atoms with E-state index in [9.17, 15) is 0 Å². The molecule has 2 heterocycles. The summed E-state index contributed by atoms with van der Waals surface area (Å²) in [6, 6.07) is 10.6. The number of thiophene rings is 1. The first-order valence-corrected chi connectivity index (χ1v) is 7.41. The molecule has 0 aliphatic carbocycles. The summed E-state index contributed by atoms with van der Waals surface area (Å²) in [6.07, 6.45) is 1.89. The van der Waals surface area contributed by atoms with Crippen LogP contribution in [-0.4, -0.2) is 30.5 Å². The minimum absolute atomic E-state index is 0.718. The molecule has 0 bridgehead atoms. The Morgan fingerprint density at radius 1 is 1.35 bits per heavy atom. The van der Waals surface area contributed by atoms with Crippen LogP contribution in [0.1, 0.15) is 5.56 Å². The molecule has 0 atom stereocenters. The molecule has 3 rings (SSSR count). The van der Waals surface area contributed by atoms with Crippen LogP contribution in [0.25, 0.3) is 20.7 Å². The van der Waals surface area contributed by atoms with E-state index in [0.29, 0.717) is 0 Å². The first-order valence-electron chi connectivity index (χ1n) is 6.59. The maximum atomic E-state index is 5.03. The maximum absolute atomic E-state index is 5.03. The van der Waals surface area contributed by atoms with E-state index < -0.39 is 0 Å². The molecule has 0 saturated carbocycles. The Hall–Kier alpha value is -1.69. The average Bonchev–Trinajstić information content (AvgIpc) is 3.09. The molecule has 5 heteroatoms. The zero-order valence-corrected chi connectivity index (χ0v) is 12.2. The third kappa shape index (κ3) is 2.75. The highest BCUT2D eigenvalue weighted by Gasteiger charge is 2.10. The van der Waals surface area contributed by atoms with Gasteiger partial charge in [-0.1, -0.05) is 18.2 Å². The van der Waals surface area contributed by atoms with Gasteiger partial charge in [0.25, 0.3) is 0 Å². The maximum Gasteiger partial charge on any atom is 0.0795 e. The molecule has 4 nitrogen and oxygen atoms in total. The van der Waals surface area contributed by atoms with Crippen molar-refractivity contribution in [1.82, 2.24) is 15.5 Å². The van der Waals surface area contributed by atoms with E-state index in [2.05, 4.69) is 45.8 Å². The molecule has 0 unspecified atom stereocenters.